The molecule has 2 atom stereocenters. The first kappa shape index (κ1) is 25.8. The van der Waals surface area contributed by atoms with Crippen molar-refractivity contribution >= 4 is 74.9 Å². The number of benzene rings is 4. The molecule has 11 heteroatoms. The number of hydrogen-bond donors (Lipinski definition) is 2. The normalized spacial score (nSPS) is 14.3. The Morgan fingerprint density at radius 2 is 0.903 bits per heavy atom. The van der Waals surface area contributed by atoms with E-state index in [4.69, 9.17) is 9.79 Å². The van der Waals surface area contributed by atoms with Crippen LogP contribution in [0, 0.1) is 0 Å². The molecule has 2 N–H and O–H groups in total. The second-order valence-electron chi connectivity index (χ2n) is 6.07. The molecule has 0 radical (unpaired) electrons. The maximum Gasteiger partial charge on any atom is 2.00 e. The van der Waals surface area contributed by atoms with Gasteiger partial charge in [-0.2, -0.15) is 0 Å². The van der Waals surface area contributed by atoms with Crippen molar-refractivity contribution in [3.05, 3.63) is 84.9 Å². The number of phosphoric acid groups is 2. The van der Waals surface area contributed by atoms with Crippen molar-refractivity contribution in [1.29, 1.82) is 0 Å². The van der Waals surface area contributed by atoms with Gasteiger partial charge >= 0.3 is 53.4 Å². The van der Waals surface area contributed by atoms with Crippen LogP contribution in [0.5, 0.6) is 11.5 Å². The molecule has 0 fully saturated rings. The Morgan fingerprint density at radius 1 is 0.581 bits per heavy atom. The maximum absolute atomic E-state index is 10.6. The molecule has 4 aromatic rings. The van der Waals surface area contributed by atoms with Gasteiger partial charge in [-0.05, 0) is 22.9 Å². The predicted octanol–water partition coefficient (Wildman–Crippen LogP) is 2.98. The van der Waals surface area contributed by atoms with Crippen molar-refractivity contribution in [2.24, 2.45) is 0 Å². The molecule has 0 heterocycles. The van der Waals surface area contributed by atoms with Gasteiger partial charge in [0.15, 0.2) is 0 Å². The first-order valence-corrected chi connectivity index (χ1v) is 11.5. The van der Waals surface area contributed by atoms with E-state index < -0.39 is 15.6 Å². The molecule has 8 nitrogen and oxygen atoms in total. The summed E-state index contributed by atoms with van der Waals surface area (Å²) in [7, 11) is -9.48. The minimum atomic E-state index is -4.74. The first-order chi connectivity index (χ1) is 14.1. The van der Waals surface area contributed by atoms with Crippen LogP contribution in [-0.2, 0) is 9.13 Å². The smallest absolute Gasteiger partial charge is 0.746 e. The summed E-state index contributed by atoms with van der Waals surface area (Å²) in [5.41, 5.74) is 0. The number of rotatable bonds is 4. The number of phosphoric ester groups is 2. The van der Waals surface area contributed by atoms with E-state index in [1.54, 1.807) is 36.4 Å². The quantitative estimate of drug-likeness (QED) is 0.332. The summed E-state index contributed by atoms with van der Waals surface area (Å²) in [5.74, 6) is 0.267. The molecule has 0 spiro atoms. The molecule has 4 aromatic carbocycles. The SMILES string of the molecule is O=P([O-])(O)Oc1cccc2ccccc12.O=P([O-])(O)Oc1cccc2ccccc12.[Ca+2]. The van der Waals surface area contributed by atoms with Gasteiger partial charge in [-0.3, -0.25) is 9.13 Å². The van der Waals surface area contributed by atoms with Gasteiger partial charge in [0.25, 0.3) is 0 Å². The van der Waals surface area contributed by atoms with Gasteiger partial charge < -0.3 is 28.6 Å². The molecule has 0 amide bonds. The standard InChI is InChI=1S/2C10H9O4P.Ca/c2*11-15(12,13)14-10-7-3-5-8-4-1-2-6-9(8)10;/h2*1-7H,(H2,11,12,13);/q;;+2/p-2. The molecular formula is C20H16CaO8P2. The van der Waals surface area contributed by atoms with Gasteiger partial charge in [-0.1, -0.05) is 72.8 Å². The third-order valence-corrected chi connectivity index (χ3v) is 4.78. The molecule has 0 aliphatic rings. The van der Waals surface area contributed by atoms with E-state index >= 15 is 0 Å². The van der Waals surface area contributed by atoms with E-state index in [9.17, 15) is 18.9 Å². The molecule has 156 valence electrons. The van der Waals surface area contributed by atoms with E-state index in [2.05, 4.69) is 9.05 Å². The summed E-state index contributed by atoms with van der Waals surface area (Å²) in [6.45, 7) is 0. The zero-order valence-electron chi connectivity index (χ0n) is 16.0. The Kier molecular flexibility index (Phi) is 9.10. The Bertz CT molecular complexity index is 1160. The summed E-state index contributed by atoms with van der Waals surface area (Å²) in [6, 6.07) is 24.3. The zero-order valence-corrected chi connectivity index (χ0v) is 20.0. The third-order valence-electron chi connectivity index (χ3n) is 3.93. The van der Waals surface area contributed by atoms with Gasteiger partial charge in [-0.15, -0.1) is 0 Å². The first-order valence-electron chi connectivity index (χ1n) is 8.55. The van der Waals surface area contributed by atoms with E-state index in [0.29, 0.717) is 10.8 Å². The van der Waals surface area contributed by atoms with E-state index in [1.165, 1.54) is 12.1 Å². The monoisotopic (exact) mass is 486 g/mol. The van der Waals surface area contributed by atoms with Gasteiger partial charge in [-0.25, -0.2) is 0 Å². The molecule has 0 bridgehead atoms. The van der Waals surface area contributed by atoms with Gasteiger partial charge in [0.1, 0.15) is 11.5 Å². The molecule has 0 aromatic heterocycles. The summed E-state index contributed by atoms with van der Waals surface area (Å²) in [4.78, 5) is 38.4. The third kappa shape index (κ3) is 7.88. The maximum atomic E-state index is 10.6. The van der Waals surface area contributed by atoms with Crippen LogP contribution in [0.15, 0.2) is 84.9 Å². The van der Waals surface area contributed by atoms with Crippen LogP contribution in [0.1, 0.15) is 0 Å². The van der Waals surface area contributed by atoms with Crippen LogP contribution in [-0.4, -0.2) is 47.5 Å². The van der Waals surface area contributed by atoms with Crippen LogP contribution in [0.4, 0.5) is 0 Å². The molecule has 31 heavy (non-hydrogen) atoms. The van der Waals surface area contributed by atoms with Crippen molar-refractivity contribution in [1.82, 2.24) is 0 Å². The average molecular weight is 486 g/mol. The Balaban J connectivity index is 0.000000213. The molecule has 2 unspecified atom stereocenters. The molecular weight excluding hydrogens is 470 g/mol. The Morgan fingerprint density at radius 3 is 1.26 bits per heavy atom. The summed E-state index contributed by atoms with van der Waals surface area (Å²) in [6.07, 6.45) is 0. The van der Waals surface area contributed by atoms with Crippen LogP contribution in [0.25, 0.3) is 21.5 Å². The van der Waals surface area contributed by atoms with Crippen molar-refractivity contribution in [2.45, 2.75) is 0 Å². The fraction of sp³-hybridized carbons (Fsp3) is 0. The molecule has 4 rings (SSSR count). The van der Waals surface area contributed by atoms with E-state index in [-0.39, 0.29) is 49.2 Å². The fourth-order valence-corrected chi connectivity index (χ4v) is 3.61. The Hall–Kier alpha value is -1.44. The second-order valence-corrected chi connectivity index (χ2v) is 8.31. The van der Waals surface area contributed by atoms with Crippen molar-refractivity contribution < 1.29 is 37.8 Å². The van der Waals surface area contributed by atoms with Crippen LogP contribution < -0.4 is 18.8 Å². The van der Waals surface area contributed by atoms with Gasteiger partial charge in [0, 0.05) is 10.8 Å². The van der Waals surface area contributed by atoms with Crippen LogP contribution in [0.3, 0.4) is 0 Å². The largest absolute Gasteiger partial charge is 2.00 e. The van der Waals surface area contributed by atoms with Crippen molar-refractivity contribution in [3.63, 3.8) is 0 Å². The van der Waals surface area contributed by atoms with Gasteiger partial charge in [0.2, 0.25) is 0 Å². The Labute approximate surface area is 207 Å². The molecule has 0 saturated heterocycles. The van der Waals surface area contributed by atoms with E-state index in [0.717, 1.165) is 10.8 Å². The van der Waals surface area contributed by atoms with Crippen LogP contribution >= 0.6 is 15.6 Å². The number of fused-ring (bicyclic) bond motifs is 2. The predicted molar refractivity (Wildman–Crippen MR) is 115 cm³/mol. The minimum Gasteiger partial charge on any atom is -0.746 e. The topological polar surface area (TPSA) is 139 Å². The summed E-state index contributed by atoms with van der Waals surface area (Å²) in [5, 5.41) is 2.99. The number of hydrogen-bond acceptors (Lipinski definition) is 6. The van der Waals surface area contributed by atoms with Crippen molar-refractivity contribution in [2.75, 3.05) is 0 Å². The van der Waals surface area contributed by atoms with Gasteiger partial charge in [0.05, 0.1) is 0 Å². The molecule has 0 aliphatic heterocycles. The minimum absolute atomic E-state index is 0. The van der Waals surface area contributed by atoms with Crippen LogP contribution in [0.2, 0.25) is 0 Å². The second kappa shape index (κ2) is 10.9. The fourth-order valence-electron chi connectivity index (χ4n) is 2.80. The average Bonchev–Trinajstić information content (AvgIpc) is 2.67. The zero-order chi connectivity index (χ0) is 21.8. The summed E-state index contributed by atoms with van der Waals surface area (Å²) >= 11 is 0. The molecule has 0 aliphatic carbocycles. The molecule has 0 saturated carbocycles. The van der Waals surface area contributed by atoms with E-state index in [1.807, 2.05) is 36.4 Å². The van der Waals surface area contributed by atoms with Crippen molar-refractivity contribution in [3.8, 4) is 11.5 Å². The summed E-state index contributed by atoms with van der Waals surface area (Å²) < 4.78 is 30.2.